The molecule has 2 aromatic rings. The molecule has 7 nitrogen and oxygen atoms in total. The van der Waals surface area contributed by atoms with Crippen molar-refractivity contribution in [1.29, 1.82) is 0 Å². The quantitative estimate of drug-likeness (QED) is 0.857. The fourth-order valence-corrected chi connectivity index (χ4v) is 1.43. The SMILES string of the molecule is CCn1cc(Oc2cc(N)nc(COC)n2)cn1. The van der Waals surface area contributed by atoms with Crippen LogP contribution in [0.3, 0.4) is 0 Å². The molecule has 0 saturated carbocycles. The first-order chi connectivity index (χ1) is 8.71. The molecule has 0 radical (unpaired) electrons. The highest BCUT2D eigenvalue weighted by Gasteiger charge is 2.06. The van der Waals surface area contributed by atoms with E-state index in [0.717, 1.165) is 6.54 Å². The van der Waals surface area contributed by atoms with Gasteiger partial charge in [0.25, 0.3) is 0 Å². The number of nitrogens with zero attached hydrogens (tertiary/aromatic N) is 4. The first kappa shape index (κ1) is 12.3. The molecule has 0 aromatic carbocycles. The van der Waals surface area contributed by atoms with E-state index in [2.05, 4.69) is 15.1 Å². The van der Waals surface area contributed by atoms with Crippen LogP contribution >= 0.6 is 0 Å². The van der Waals surface area contributed by atoms with Crippen LogP contribution in [0.5, 0.6) is 11.6 Å². The third kappa shape index (κ3) is 2.95. The minimum absolute atomic E-state index is 0.287. The molecule has 96 valence electrons. The molecular weight excluding hydrogens is 234 g/mol. The zero-order valence-corrected chi connectivity index (χ0v) is 10.3. The summed E-state index contributed by atoms with van der Waals surface area (Å²) in [6.45, 7) is 3.07. The van der Waals surface area contributed by atoms with E-state index >= 15 is 0 Å². The maximum atomic E-state index is 5.67. The van der Waals surface area contributed by atoms with Gasteiger partial charge < -0.3 is 15.2 Å². The Balaban J connectivity index is 2.17. The minimum atomic E-state index is 0.287. The normalized spacial score (nSPS) is 10.6. The molecule has 0 unspecified atom stereocenters. The van der Waals surface area contributed by atoms with Crippen molar-refractivity contribution in [2.45, 2.75) is 20.1 Å². The number of nitrogens with two attached hydrogens (primary N) is 1. The molecule has 2 aromatic heterocycles. The average Bonchev–Trinajstić information content (AvgIpc) is 2.76. The topological polar surface area (TPSA) is 88.1 Å². The van der Waals surface area contributed by atoms with Gasteiger partial charge in [-0.3, -0.25) is 4.68 Å². The molecule has 0 aliphatic rings. The number of aryl methyl sites for hydroxylation is 1. The van der Waals surface area contributed by atoms with Gasteiger partial charge in [-0.25, -0.2) is 4.98 Å². The van der Waals surface area contributed by atoms with Crippen LogP contribution in [0, 0.1) is 0 Å². The van der Waals surface area contributed by atoms with Gasteiger partial charge in [-0.15, -0.1) is 0 Å². The lowest BCUT2D eigenvalue weighted by Crippen LogP contribution is -2.02. The van der Waals surface area contributed by atoms with Crippen LogP contribution in [-0.4, -0.2) is 26.9 Å². The lowest BCUT2D eigenvalue weighted by molar-refractivity contribution is 0.177. The van der Waals surface area contributed by atoms with Gasteiger partial charge in [0.15, 0.2) is 11.6 Å². The third-order valence-electron chi connectivity index (χ3n) is 2.20. The first-order valence-corrected chi connectivity index (χ1v) is 5.54. The maximum Gasteiger partial charge on any atom is 0.224 e. The first-order valence-electron chi connectivity index (χ1n) is 5.54. The molecule has 0 spiro atoms. The molecule has 2 N–H and O–H groups in total. The molecule has 0 bridgehead atoms. The number of methoxy groups -OCH3 is 1. The molecule has 7 heteroatoms. The number of rotatable bonds is 5. The van der Waals surface area contributed by atoms with E-state index in [1.807, 2.05) is 6.92 Å². The fourth-order valence-electron chi connectivity index (χ4n) is 1.43. The zero-order chi connectivity index (χ0) is 13.0. The molecule has 0 aliphatic carbocycles. The largest absolute Gasteiger partial charge is 0.436 e. The van der Waals surface area contributed by atoms with Gasteiger partial charge in [0.1, 0.15) is 12.4 Å². The van der Waals surface area contributed by atoms with Gasteiger partial charge in [-0.05, 0) is 6.92 Å². The van der Waals surface area contributed by atoms with Crippen LogP contribution in [0.4, 0.5) is 5.82 Å². The molecule has 0 fully saturated rings. The Hall–Kier alpha value is -2.15. The van der Waals surface area contributed by atoms with Crippen LogP contribution in [0.1, 0.15) is 12.7 Å². The second kappa shape index (κ2) is 5.46. The summed E-state index contributed by atoms with van der Waals surface area (Å²) in [5, 5.41) is 4.10. The second-order valence-electron chi connectivity index (χ2n) is 3.61. The monoisotopic (exact) mass is 249 g/mol. The summed E-state index contributed by atoms with van der Waals surface area (Å²) >= 11 is 0. The van der Waals surface area contributed by atoms with Crippen molar-refractivity contribution in [2.24, 2.45) is 0 Å². The molecular formula is C11H15N5O2. The van der Waals surface area contributed by atoms with Crippen molar-refractivity contribution in [2.75, 3.05) is 12.8 Å². The summed E-state index contributed by atoms with van der Waals surface area (Å²) in [7, 11) is 1.57. The zero-order valence-electron chi connectivity index (χ0n) is 10.3. The van der Waals surface area contributed by atoms with Crippen LogP contribution in [0.2, 0.25) is 0 Å². The molecule has 18 heavy (non-hydrogen) atoms. The maximum absolute atomic E-state index is 5.67. The molecule has 2 heterocycles. The van der Waals surface area contributed by atoms with Gasteiger partial charge in [-0.2, -0.15) is 10.1 Å². The highest BCUT2D eigenvalue weighted by atomic mass is 16.5. The molecule has 0 saturated heterocycles. The van der Waals surface area contributed by atoms with Crippen molar-refractivity contribution >= 4 is 5.82 Å². The smallest absolute Gasteiger partial charge is 0.224 e. The van der Waals surface area contributed by atoms with E-state index in [4.69, 9.17) is 15.2 Å². The number of nitrogen functional groups attached to an aromatic ring is 1. The second-order valence-corrected chi connectivity index (χ2v) is 3.61. The van der Waals surface area contributed by atoms with E-state index < -0.39 is 0 Å². The predicted octanol–water partition coefficient (Wildman–Crippen LogP) is 1.21. The van der Waals surface area contributed by atoms with Crippen molar-refractivity contribution < 1.29 is 9.47 Å². The number of hydrogen-bond acceptors (Lipinski definition) is 6. The van der Waals surface area contributed by atoms with E-state index in [0.29, 0.717) is 23.3 Å². The van der Waals surface area contributed by atoms with Gasteiger partial charge in [0.2, 0.25) is 5.88 Å². The van der Waals surface area contributed by atoms with Crippen molar-refractivity contribution in [3.05, 3.63) is 24.3 Å². The summed E-state index contributed by atoms with van der Waals surface area (Å²) in [5.74, 6) is 1.81. The average molecular weight is 249 g/mol. The highest BCUT2D eigenvalue weighted by Crippen LogP contribution is 2.20. The summed E-state index contributed by atoms with van der Waals surface area (Å²) in [6.07, 6.45) is 3.41. The number of anilines is 1. The van der Waals surface area contributed by atoms with Crippen molar-refractivity contribution in [3.8, 4) is 11.6 Å². The number of hydrogen-bond donors (Lipinski definition) is 1. The lowest BCUT2D eigenvalue weighted by Gasteiger charge is -2.05. The molecule has 2 rings (SSSR count). The summed E-state index contributed by atoms with van der Waals surface area (Å²) in [4.78, 5) is 8.21. The Bertz CT molecular complexity index is 526. The Morgan fingerprint density at radius 2 is 2.22 bits per heavy atom. The van der Waals surface area contributed by atoms with Crippen molar-refractivity contribution in [1.82, 2.24) is 19.7 Å². The van der Waals surface area contributed by atoms with Crippen molar-refractivity contribution in [3.63, 3.8) is 0 Å². The van der Waals surface area contributed by atoms with E-state index in [1.54, 1.807) is 30.3 Å². The third-order valence-corrected chi connectivity index (χ3v) is 2.20. The van der Waals surface area contributed by atoms with Gasteiger partial charge >= 0.3 is 0 Å². The Morgan fingerprint density at radius 3 is 2.89 bits per heavy atom. The predicted molar refractivity (Wildman–Crippen MR) is 65.1 cm³/mol. The van der Waals surface area contributed by atoms with Crippen LogP contribution < -0.4 is 10.5 Å². The summed E-state index contributed by atoms with van der Waals surface area (Å²) < 4.78 is 12.3. The van der Waals surface area contributed by atoms with Crippen LogP contribution in [-0.2, 0) is 17.9 Å². The molecule has 0 atom stereocenters. The molecule has 0 amide bonds. The summed E-state index contributed by atoms with van der Waals surface area (Å²) in [6, 6.07) is 1.56. The van der Waals surface area contributed by atoms with Gasteiger partial charge in [-0.1, -0.05) is 0 Å². The lowest BCUT2D eigenvalue weighted by atomic mass is 10.5. The Labute approximate surface area is 105 Å². The number of aromatic nitrogens is 4. The standard InChI is InChI=1S/C11H15N5O2/c1-3-16-6-8(5-13-16)18-11-4-9(12)14-10(15-11)7-17-2/h4-6H,3,7H2,1-2H3,(H2,12,14,15). The fraction of sp³-hybridized carbons (Fsp3) is 0.364. The van der Waals surface area contributed by atoms with E-state index in [9.17, 15) is 0 Å². The Morgan fingerprint density at radius 1 is 1.39 bits per heavy atom. The van der Waals surface area contributed by atoms with E-state index in [1.165, 1.54) is 0 Å². The minimum Gasteiger partial charge on any atom is -0.436 e. The van der Waals surface area contributed by atoms with Gasteiger partial charge in [0, 0.05) is 19.7 Å². The van der Waals surface area contributed by atoms with E-state index in [-0.39, 0.29) is 6.61 Å². The van der Waals surface area contributed by atoms with Crippen LogP contribution in [0.25, 0.3) is 0 Å². The van der Waals surface area contributed by atoms with Gasteiger partial charge in [0.05, 0.1) is 12.4 Å². The highest BCUT2D eigenvalue weighted by molar-refractivity contribution is 5.34. The van der Waals surface area contributed by atoms with Crippen LogP contribution in [0.15, 0.2) is 18.5 Å². The summed E-state index contributed by atoms with van der Waals surface area (Å²) in [5.41, 5.74) is 5.67. The number of ether oxygens (including phenoxy) is 2. The molecule has 0 aliphatic heterocycles. The Kier molecular flexibility index (Phi) is 3.73.